The monoisotopic (exact) mass is 202 g/mol. The maximum absolute atomic E-state index is 10.5. The molecule has 5 nitrogen and oxygen atoms in total. The molecule has 0 atom stereocenters. The van der Waals surface area contributed by atoms with Crippen LogP contribution >= 0.6 is 0 Å². The van der Waals surface area contributed by atoms with E-state index in [1.165, 1.54) is 4.90 Å². The summed E-state index contributed by atoms with van der Waals surface area (Å²) in [5, 5.41) is 17.2. The Morgan fingerprint density at radius 2 is 2.14 bits per heavy atom. The first kappa shape index (κ1) is 11.3. The van der Waals surface area contributed by atoms with Gasteiger partial charge in [0.1, 0.15) is 0 Å². The molecule has 0 saturated carbocycles. The molecular formula is C9H18N2O3. The molecule has 0 spiro atoms. The van der Waals surface area contributed by atoms with Crippen LogP contribution in [0.15, 0.2) is 0 Å². The van der Waals surface area contributed by atoms with Crippen molar-refractivity contribution in [3.05, 3.63) is 0 Å². The Labute approximate surface area is 83.9 Å². The first-order valence-electron chi connectivity index (χ1n) is 4.94. The average Bonchev–Trinajstić information content (AvgIpc) is 2.01. The third-order valence-corrected chi connectivity index (χ3v) is 2.68. The summed E-state index contributed by atoms with van der Waals surface area (Å²) in [5.41, 5.74) is 0. The van der Waals surface area contributed by atoms with Gasteiger partial charge < -0.3 is 15.1 Å². The Morgan fingerprint density at radius 1 is 1.50 bits per heavy atom. The van der Waals surface area contributed by atoms with Gasteiger partial charge in [0, 0.05) is 25.7 Å². The van der Waals surface area contributed by atoms with Gasteiger partial charge in [0.25, 0.3) is 0 Å². The van der Waals surface area contributed by atoms with Gasteiger partial charge in [0.2, 0.25) is 0 Å². The molecule has 0 unspecified atom stereocenters. The standard InChI is InChI=1S/C9H18N2O3/c1-10(4-2-3-5-12)8-6-11(7-8)9(13)14/h8,12H,2-7H2,1H3,(H,13,14). The highest BCUT2D eigenvalue weighted by Gasteiger charge is 2.32. The van der Waals surface area contributed by atoms with Crippen molar-refractivity contribution < 1.29 is 15.0 Å². The zero-order valence-corrected chi connectivity index (χ0v) is 8.52. The fourth-order valence-corrected chi connectivity index (χ4v) is 1.55. The van der Waals surface area contributed by atoms with Crippen LogP contribution in [-0.2, 0) is 0 Å². The lowest BCUT2D eigenvalue weighted by Crippen LogP contribution is -2.59. The third kappa shape index (κ3) is 2.85. The van der Waals surface area contributed by atoms with E-state index in [1.807, 2.05) is 7.05 Å². The van der Waals surface area contributed by atoms with E-state index in [9.17, 15) is 4.79 Å². The number of hydrogen-bond donors (Lipinski definition) is 2. The van der Waals surface area contributed by atoms with E-state index in [1.54, 1.807) is 0 Å². The molecule has 1 amide bonds. The largest absolute Gasteiger partial charge is 0.465 e. The van der Waals surface area contributed by atoms with E-state index >= 15 is 0 Å². The van der Waals surface area contributed by atoms with Crippen LogP contribution < -0.4 is 0 Å². The van der Waals surface area contributed by atoms with Gasteiger partial charge in [0.15, 0.2) is 0 Å². The van der Waals surface area contributed by atoms with Crippen molar-refractivity contribution in [1.82, 2.24) is 9.80 Å². The molecule has 1 aliphatic heterocycles. The second-order valence-corrected chi connectivity index (χ2v) is 3.75. The Kier molecular flexibility index (Phi) is 4.16. The van der Waals surface area contributed by atoms with E-state index in [2.05, 4.69) is 4.90 Å². The predicted octanol–water partition coefficient (Wildman–Crippen LogP) is 0.0529. The molecule has 0 bridgehead atoms. The summed E-state index contributed by atoms with van der Waals surface area (Å²) < 4.78 is 0. The molecule has 0 aromatic rings. The number of nitrogens with zero attached hydrogens (tertiary/aromatic N) is 2. The van der Waals surface area contributed by atoms with Crippen molar-refractivity contribution in [2.45, 2.75) is 18.9 Å². The molecule has 1 rings (SSSR count). The highest BCUT2D eigenvalue weighted by Crippen LogP contribution is 2.13. The van der Waals surface area contributed by atoms with Crippen LogP contribution in [0.1, 0.15) is 12.8 Å². The molecule has 5 heteroatoms. The van der Waals surface area contributed by atoms with Crippen LogP contribution in [0.4, 0.5) is 4.79 Å². The molecule has 1 aliphatic rings. The highest BCUT2D eigenvalue weighted by atomic mass is 16.4. The number of carboxylic acid groups (broad SMARTS) is 1. The topological polar surface area (TPSA) is 64.0 Å². The van der Waals surface area contributed by atoms with E-state index in [4.69, 9.17) is 10.2 Å². The molecule has 1 saturated heterocycles. The lowest BCUT2D eigenvalue weighted by molar-refractivity contribution is 0.0479. The van der Waals surface area contributed by atoms with Crippen LogP contribution in [0.2, 0.25) is 0 Å². The summed E-state index contributed by atoms with van der Waals surface area (Å²) in [4.78, 5) is 14.1. The quantitative estimate of drug-likeness (QED) is 0.618. The molecule has 0 aromatic heterocycles. The lowest BCUT2D eigenvalue weighted by Gasteiger charge is -2.42. The highest BCUT2D eigenvalue weighted by molar-refractivity contribution is 5.66. The van der Waals surface area contributed by atoms with Crippen molar-refractivity contribution in [3.8, 4) is 0 Å². The molecule has 14 heavy (non-hydrogen) atoms. The van der Waals surface area contributed by atoms with Crippen LogP contribution in [0, 0.1) is 0 Å². The number of amides is 1. The maximum atomic E-state index is 10.5. The first-order chi connectivity index (χ1) is 6.65. The summed E-state index contributed by atoms with van der Waals surface area (Å²) >= 11 is 0. The van der Waals surface area contributed by atoms with Gasteiger partial charge in [-0.25, -0.2) is 4.79 Å². The minimum absolute atomic E-state index is 0.236. The number of rotatable bonds is 5. The summed E-state index contributed by atoms with van der Waals surface area (Å²) in [6, 6.07) is 0.366. The molecule has 0 aromatic carbocycles. The summed E-state index contributed by atoms with van der Waals surface area (Å²) in [5.74, 6) is 0. The number of unbranched alkanes of at least 4 members (excludes halogenated alkanes) is 1. The molecule has 1 fully saturated rings. The summed E-state index contributed by atoms with van der Waals surface area (Å²) in [7, 11) is 2.00. The molecule has 0 radical (unpaired) electrons. The normalized spacial score (nSPS) is 17.2. The van der Waals surface area contributed by atoms with Gasteiger partial charge in [-0.15, -0.1) is 0 Å². The van der Waals surface area contributed by atoms with E-state index < -0.39 is 6.09 Å². The van der Waals surface area contributed by atoms with Gasteiger partial charge in [0.05, 0.1) is 0 Å². The lowest BCUT2D eigenvalue weighted by atomic mass is 10.1. The number of likely N-dealkylation sites (tertiary alicyclic amines) is 1. The summed E-state index contributed by atoms with van der Waals surface area (Å²) in [6.07, 6.45) is 0.959. The van der Waals surface area contributed by atoms with Crippen LogP contribution in [0.5, 0.6) is 0 Å². The van der Waals surface area contributed by atoms with Gasteiger partial charge in [-0.3, -0.25) is 4.90 Å². The van der Waals surface area contributed by atoms with E-state index in [0.717, 1.165) is 19.4 Å². The number of carbonyl (C=O) groups is 1. The van der Waals surface area contributed by atoms with Gasteiger partial charge >= 0.3 is 6.09 Å². The van der Waals surface area contributed by atoms with Crippen LogP contribution in [0.3, 0.4) is 0 Å². The van der Waals surface area contributed by atoms with Gasteiger partial charge in [-0.2, -0.15) is 0 Å². The molecule has 82 valence electrons. The molecular weight excluding hydrogens is 184 g/mol. The van der Waals surface area contributed by atoms with Crippen molar-refractivity contribution in [3.63, 3.8) is 0 Å². The first-order valence-corrected chi connectivity index (χ1v) is 4.94. The average molecular weight is 202 g/mol. The van der Waals surface area contributed by atoms with Crippen molar-refractivity contribution >= 4 is 6.09 Å². The van der Waals surface area contributed by atoms with Gasteiger partial charge in [-0.05, 0) is 26.4 Å². The maximum Gasteiger partial charge on any atom is 0.407 e. The van der Waals surface area contributed by atoms with E-state index in [-0.39, 0.29) is 6.61 Å². The molecule has 1 heterocycles. The van der Waals surface area contributed by atoms with Crippen molar-refractivity contribution in [2.75, 3.05) is 33.3 Å². The predicted molar refractivity (Wildman–Crippen MR) is 52.3 cm³/mol. The Morgan fingerprint density at radius 3 is 2.64 bits per heavy atom. The number of aliphatic hydroxyl groups is 1. The Bertz CT molecular complexity index is 192. The van der Waals surface area contributed by atoms with Crippen LogP contribution in [-0.4, -0.2) is 65.4 Å². The molecule has 2 N–H and O–H groups in total. The number of hydrogen-bond acceptors (Lipinski definition) is 3. The number of aliphatic hydroxyl groups excluding tert-OH is 1. The van der Waals surface area contributed by atoms with E-state index in [0.29, 0.717) is 19.1 Å². The fourth-order valence-electron chi connectivity index (χ4n) is 1.55. The minimum Gasteiger partial charge on any atom is -0.465 e. The smallest absolute Gasteiger partial charge is 0.407 e. The second-order valence-electron chi connectivity index (χ2n) is 3.75. The second kappa shape index (κ2) is 5.17. The summed E-state index contributed by atoms with van der Waals surface area (Å²) in [6.45, 7) is 2.40. The zero-order valence-electron chi connectivity index (χ0n) is 8.52. The Hall–Kier alpha value is -0.810. The SMILES string of the molecule is CN(CCCCO)C1CN(C(=O)O)C1. The Balaban J connectivity index is 2.10. The zero-order chi connectivity index (χ0) is 10.6. The van der Waals surface area contributed by atoms with Gasteiger partial charge in [-0.1, -0.05) is 0 Å². The number of likely N-dealkylation sites (N-methyl/N-ethyl adjacent to an activating group) is 1. The third-order valence-electron chi connectivity index (χ3n) is 2.68. The van der Waals surface area contributed by atoms with Crippen molar-refractivity contribution in [2.24, 2.45) is 0 Å². The fraction of sp³-hybridized carbons (Fsp3) is 0.889. The van der Waals surface area contributed by atoms with Crippen LogP contribution in [0.25, 0.3) is 0 Å². The van der Waals surface area contributed by atoms with Crippen molar-refractivity contribution in [1.29, 1.82) is 0 Å². The molecule has 0 aliphatic carbocycles. The minimum atomic E-state index is -0.829.